The standard InChI is InChI=1S/C14H15ClN4OS2/c15-12-11(9-16-18-13(20)10-5-4-8-21-10)22-14(17-12)19-6-2-1-3-7-19/h4-5,8-9H,1-3,6-7H2,(H,18,20)/b16-9-. The van der Waals surface area contributed by atoms with E-state index in [9.17, 15) is 4.79 Å². The van der Waals surface area contributed by atoms with Gasteiger partial charge in [-0.15, -0.1) is 11.3 Å². The van der Waals surface area contributed by atoms with Crippen LogP contribution in [0.5, 0.6) is 0 Å². The van der Waals surface area contributed by atoms with Crippen LogP contribution in [-0.4, -0.2) is 30.2 Å². The fourth-order valence-corrected chi connectivity index (χ4v) is 4.00. The molecule has 0 atom stereocenters. The molecule has 0 saturated carbocycles. The number of piperidine rings is 1. The Kier molecular flexibility index (Phi) is 5.07. The molecule has 2 aromatic heterocycles. The Balaban J connectivity index is 1.63. The molecule has 0 spiro atoms. The average molecular weight is 355 g/mol. The van der Waals surface area contributed by atoms with Crippen LogP contribution >= 0.6 is 34.3 Å². The molecule has 0 aliphatic carbocycles. The molecule has 0 unspecified atom stereocenters. The number of thiazole rings is 1. The lowest BCUT2D eigenvalue weighted by Gasteiger charge is -2.25. The summed E-state index contributed by atoms with van der Waals surface area (Å²) in [5, 5.41) is 7.17. The first-order chi connectivity index (χ1) is 10.7. The molecular weight excluding hydrogens is 340 g/mol. The number of hydrazone groups is 1. The largest absolute Gasteiger partial charge is 0.348 e. The van der Waals surface area contributed by atoms with Crippen LogP contribution in [0.15, 0.2) is 22.6 Å². The van der Waals surface area contributed by atoms with Gasteiger partial charge in [-0.1, -0.05) is 29.0 Å². The fraction of sp³-hybridized carbons (Fsp3) is 0.357. The van der Waals surface area contributed by atoms with Gasteiger partial charge in [0.2, 0.25) is 0 Å². The van der Waals surface area contributed by atoms with Gasteiger partial charge >= 0.3 is 0 Å². The number of anilines is 1. The lowest BCUT2D eigenvalue weighted by Crippen LogP contribution is -2.29. The summed E-state index contributed by atoms with van der Waals surface area (Å²) in [6, 6.07) is 3.58. The van der Waals surface area contributed by atoms with Crippen LogP contribution in [0, 0.1) is 0 Å². The first-order valence-electron chi connectivity index (χ1n) is 7.02. The van der Waals surface area contributed by atoms with Crippen molar-refractivity contribution in [3.8, 4) is 0 Å². The van der Waals surface area contributed by atoms with E-state index in [1.165, 1.54) is 41.9 Å². The highest BCUT2D eigenvalue weighted by Crippen LogP contribution is 2.30. The summed E-state index contributed by atoms with van der Waals surface area (Å²) < 4.78 is 0. The van der Waals surface area contributed by atoms with Gasteiger partial charge in [-0.2, -0.15) is 5.10 Å². The number of hydrogen-bond donors (Lipinski definition) is 1. The number of amides is 1. The molecule has 1 saturated heterocycles. The van der Waals surface area contributed by atoms with Gasteiger partial charge in [0.1, 0.15) is 0 Å². The lowest BCUT2D eigenvalue weighted by molar-refractivity contribution is 0.0959. The molecule has 0 aromatic carbocycles. The number of thiophene rings is 1. The molecule has 0 bridgehead atoms. The van der Waals surface area contributed by atoms with Crippen LogP contribution in [0.1, 0.15) is 33.8 Å². The van der Waals surface area contributed by atoms with E-state index in [0.29, 0.717) is 10.0 Å². The summed E-state index contributed by atoms with van der Waals surface area (Å²) in [6.45, 7) is 2.05. The molecule has 2 aromatic rings. The molecule has 1 N–H and O–H groups in total. The number of rotatable bonds is 4. The summed E-state index contributed by atoms with van der Waals surface area (Å²) in [6.07, 6.45) is 5.21. The SMILES string of the molecule is O=C(N/N=C\c1sc(N2CCCCC2)nc1Cl)c1cccs1. The Morgan fingerprint density at radius 3 is 2.95 bits per heavy atom. The van der Waals surface area contributed by atoms with Crippen molar-refractivity contribution in [2.75, 3.05) is 18.0 Å². The molecule has 1 amide bonds. The van der Waals surface area contributed by atoms with Crippen molar-refractivity contribution in [3.05, 3.63) is 32.4 Å². The second-order valence-corrected chi connectivity index (χ2v) is 7.19. The number of aromatic nitrogens is 1. The molecule has 3 heterocycles. The van der Waals surface area contributed by atoms with Crippen LogP contribution in [0.2, 0.25) is 5.15 Å². The van der Waals surface area contributed by atoms with Crippen LogP contribution < -0.4 is 10.3 Å². The third-order valence-electron chi connectivity index (χ3n) is 3.32. The van der Waals surface area contributed by atoms with Crippen LogP contribution in [0.25, 0.3) is 0 Å². The third kappa shape index (κ3) is 3.66. The molecular formula is C14H15ClN4OS2. The highest BCUT2D eigenvalue weighted by Gasteiger charge is 2.16. The molecule has 8 heteroatoms. The van der Waals surface area contributed by atoms with Crippen LogP contribution in [0.3, 0.4) is 0 Å². The zero-order valence-corrected chi connectivity index (χ0v) is 14.2. The molecule has 0 radical (unpaired) electrons. The fourth-order valence-electron chi connectivity index (χ4n) is 2.21. The topological polar surface area (TPSA) is 57.6 Å². The second kappa shape index (κ2) is 7.21. The summed E-state index contributed by atoms with van der Waals surface area (Å²) in [5.41, 5.74) is 2.50. The molecule has 3 rings (SSSR count). The van der Waals surface area contributed by atoms with Gasteiger partial charge in [-0.25, -0.2) is 10.4 Å². The van der Waals surface area contributed by atoms with Gasteiger partial charge in [0.25, 0.3) is 5.91 Å². The van der Waals surface area contributed by atoms with Gasteiger partial charge in [0.05, 0.1) is 16.0 Å². The number of hydrogen-bond acceptors (Lipinski definition) is 6. The molecule has 1 aliphatic heterocycles. The van der Waals surface area contributed by atoms with Crippen LogP contribution in [-0.2, 0) is 0 Å². The van der Waals surface area contributed by atoms with E-state index in [4.69, 9.17) is 11.6 Å². The second-order valence-electron chi connectivity index (χ2n) is 4.88. The number of nitrogens with zero attached hydrogens (tertiary/aromatic N) is 3. The number of carbonyl (C=O) groups is 1. The summed E-state index contributed by atoms with van der Waals surface area (Å²) >= 11 is 9.02. The van der Waals surface area contributed by atoms with E-state index in [2.05, 4.69) is 20.4 Å². The van der Waals surface area contributed by atoms with Gasteiger partial charge in [0.15, 0.2) is 10.3 Å². The van der Waals surface area contributed by atoms with Crippen molar-refractivity contribution in [1.29, 1.82) is 0 Å². The van der Waals surface area contributed by atoms with E-state index in [1.807, 2.05) is 11.4 Å². The maximum absolute atomic E-state index is 11.8. The molecule has 1 fully saturated rings. The van der Waals surface area contributed by atoms with Gasteiger partial charge in [-0.05, 0) is 30.7 Å². The Morgan fingerprint density at radius 1 is 1.41 bits per heavy atom. The predicted octanol–water partition coefficient (Wildman–Crippen LogP) is 3.61. The smallest absolute Gasteiger partial charge is 0.281 e. The van der Waals surface area contributed by atoms with Crippen LogP contribution in [0.4, 0.5) is 5.13 Å². The van der Waals surface area contributed by atoms with Gasteiger partial charge < -0.3 is 4.90 Å². The van der Waals surface area contributed by atoms with Crippen molar-refractivity contribution in [1.82, 2.24) is 10.4 Å². The highest BCUT2D eigenvalue weighted by atomic mass is 35.5. The van der Waals surface area contributed by atoms with E-state index < -0.39 is 0 Å². The summed E-state index contributed by atoms with van der Waals surface area (Å²) in [5.74, 6) is -0.219. The first-order valence-corrected chi connectivity index (χ1v) is 9.09. The predicted molar refractivity (Wildman–Crippen MR) is 92.6 cm³/mol. The van der Waals surface area contributed by atoms with E-state index >= 15 is 0 Å². The Morgan fingerprint density at radius 2 is 2.23 bits per heavy atom. The van der Waals surface area contributed by atoms with Crippen molar-refractivity contribution in [3.63, 3.8) is 0 Å². The quantitative estimate of drug-likeness (QED) is 0.674. The zero-order valence-electron chi connectivity index (χ0n) is 11.8. The van der Waals surface area contributed by atoms with Crippen molar-refractivity contribution in [2.45, 2.75) is 19.3 Å². The Bertz CT molecular complexity index is 662. The number of halogens is 1. The monoisotopic (exact) mass is 354 g/mol. The summed E-state index contributed by atoms with van der Waals surface area (Å²) in [4.78, 5) is 19.8. The lowest BCUT2D eigenvalue weighted by atomic mass is 10.1. The van der Waals surface area contributed by atoms with Gasteiger partial charge in [0, 0.05) is 13.1 Å². The molecule has 1 aliphatic rings. The van der Waals surface area contributed by atoms with Crippen molar-refractivity contribution in [2.24, 2.45) is 5.10 Å². The molecule has 22 heavy (non-hydrogen) atoms. The highest BCUT2D eigenvalue weighted by molar-refractivity contribution is 7.17. The minimum Gasteiger partial charge on any atom is -0.348 e. The number of nitrogens with one attached hydrogen (secondary N) is 1. The van der Waals surface area contributed by atoms with E-state index in [0.717, 1.165) is 23.1 Å². The molecule has 5 nitrogen and oxygen atoms in total. The maximum Gasteiger partial charge on any atom is 0.281 e. The Labute approximate surface area is 141 Å². The van der Waals surface area contributed by atoms with Crippen molar-refractivity contribution < 1.29 is 4.79 Å². The minimum absolute atomic E-state index is 0.219. The molecule has 116 valence electrons. The van der Waals surface area contributed by atoms with E-state index in [-0.39, 0.29) is 5.91 Å². The number of carbonyl (C=O) groups excluding carboxylic acids is 1. The Hall–Kier alpha value is -1.44. The third-order valence-corrected chi connectivity index (χ3v) is 5.64. The van der Waals surface area contributed by atoms with Gasteiger partial charge in [-0.3, -0.25) is 4.79 Å². The first kappa shape index (κ1) is 15.5. The van der Waals surface area contributed by atoms with Crippen molar-refractivity contribution >= 4 is 51.5 Å². The summed E-state index contributed by atoms with van der Waals surface area (Å²) in [7, 11) is 0. The zero-order chi connectivity index (χ0) is 15.4. The maximum atomic E-state index is 11.8. The average Bonchev–Trinajstić information content (AvgIpc) is 3.18. The minimum atomic E-state index is -0.219. The van der Waals surface area contributed by atoms with E-state index in [1.54, 1.807) is 12.3 Å². The normalized spacial score (nSPS) is 15.4.